The molecule has 180 valence electrons. The van der Waals surface area contributed by atoms with Crippen molar-refractivity contribution in [2.24, 2.45) is 0 Å². The second kappa shape index (κ2) is 9.39. The zero-order valence-corrected chi connectivity index (χ0v) is 20.3. The fourth-order valence-corrected chi connectivity index (χ4v) is 5.64. The van der Waals surface area contributed by atoms with Crippen LogP contribution in [0.3, 0.4) is 0 Å². The molecule has 0 radical (unpaired) electrons. The molecule has 0 spiro atoms. The topological polar surface area (TPSA) is 70.8 Å². The Labute approximate surface area is 200 Å². The number of imidazole rings is 1. The van der Waals surface area contributed by atoms with Crippen LogP contribution in [0.1, 0.15) is 44.1 Å². The summed E-state index contributed by atoms with van der Waals surface area (Å²) in [5.41, 5.74) is 5.11. The van der Waals surface area contributed by atoms with Crippen molar-refractivity contribution >= 4 is 22.8 Å². The molecule has 2 aliphatic rings. The summed E-state index contributed by atoms with van der Waals surface area (Å²) in [4.78, 5) is 21.1. The summed E-state index contributed by atoms with van der Waals surface area (Å²) in [6.45, 7) is 9.90. The number of morpholine rings is 1. The Balaban J connectivity index is 1.53. The first kappa shape index (κ1) is 22.9. The Hall–Kier alpha value is -2.90. The van der Waals surface area contributed by atoms with E-state index in [1.807, 2.05) is 19.1 Å². The lowest BCUT2D eigenvalue weighted by atomic mass is 9.96. The maximum absolute atomic E-state index is 12.0. The smallest absolute Gasteiger partial charge is 0.412 e. The third-order valence-corrected chi connectivity index (χ3v) is 7.14. The number of benzene rings is 2. The highest BCUT2D eigenvalue weighted by molar-refractivity contribution is 5.94. The van der Waals surface area contributed by atoms with Crippen LogP contribution in [-0.2, 0) is 24.1 Å². The van der Waals surface area contributed by atoms with Crippen molar-refractivity contribution in [1.29, 1.82) is 0 Å². The Morgan fingerprint density at radius 1 is 1.06 bits per heavy atom. The quantitative estimate of drug-likeness (QED) is 0.602. The van der Waals surface area contributed by atoms with Gasteiger partial charge in [-0.25, -0.2) is 9.78 Å². The van der Waals surface area contributed by atoms with Gasteiger partial charge in [0.1, 0.15) is 5.82 Å². The molecule has 3 aromatic rings. The van der Waals surface area contributed by atoms with Crippen molar-refractivity contribution in [1.82, 2.24) is 14.5 Å². The number of anilines is 1. The van der Waals surface area contributed by atoms with Crippen LogP contribution in [-0.4, -0.2) is 63.5 Å². The van der Waals surface area contributed by atoms with Crippen molar-refractivity contribution < 1.29 is 14.6 Å². The minimum Gasteiger partial charge on any atom is -0.465 e. The van der Waals surface area contributed by atoms with Crippen LogP contribution in [0.25, 0.3) is 11.0 Å². The van der Waals surface area contributed by atoms with E-state index in [1.54, 1.807) is 0 Å². The highest BCUT2D eigenvalue weighted by Crippen LogP contribution is 2.36. The van der Waals surface area contributed by atoms with Crippen LogP contribution >= 0.6 is 0 Å². The number of nitrogens with zero attached hydrogens (tertiary/aromatic N) is 4. The van der Waals surface area contributed by atoms with Gasteiger partial charge in [-0.15, -0.1) is 0 Å². The highest BCUT2D eigenvalue weighted by atomic mass is 16.5. The maximum Gasteiger partial charge on any atom is 0.412 e. The van der Waals surface area contributed by atoms with Gasteiger partial charge in [0, 0.05) is 44.2 Å². The molecule has 7 heteroatoms. The van der Waals surface area contributed by atoms with E-state index in [0.29, 0.717) is 0 Å². The number of aromatic nitrogens is 2. The van der Waals surface area contributed by atoms with Crippen LogP contribution in [0.5, 0.6) is 0 Å². The summed E-state index contributed by atoms with van der Waals surface area (Å²) < 4.78 is 8.26. The molecule has 3 heterocycles. The van der Waals surface area contributed by atoms with Gasteiger partial charge in [-0.2, -0.15) is 0 Å². The summed E-state index contributed by atoms with van der Waals surface area (Å²) in [6.07, 6.45) is 1.98. The number of amides is 1. The average Bonchev–Trinajstić information content (AvgIpc) is 3.14. The fourth-order valence-electron chi connectivity index (χ4n) is 5.64. The molecule has 0 unspecified atom stereocenters. The number of carboxylic acid groups (broad SMARTS) is 1. The number of ether oxygens (including phenoxy) is 1. The Morgan fingerprint density at radius 2 is 1.79 bits per heavy atom. The van der Waals surface area contributed by atoms with Crippen molar-refractivity contribution in [3.63, 3.8) is 0 Å². The molecule has 2 aromatic carbocycles. The lowest BCUT2D eigenvalue weighted by molar-refractivity contribution is -0.0685. The first-order valence-electron chi connectivity index (χ1n) is 12.4. The first-order chi connectivity index (χ1) is 16.4. The zero-order valence-electron chi connectivity index (χ0n) is 20.3. The summed E-state index contributed by atoms with van der Waals surface area (Å²) in [6, 6.07) is 14.4. The second-order valence-corrected chi connectivity index (χ2v) is 9.83. The third-order valence-electron chi connectivity index (χ3n) is 7.14. The van der Waals surface area contributed by atoms with E-state index in [4.69, 9.17) is 9.72 Å². The lowest BCUT2D eigenvalue weighted by Gasteiger charge is -2.35. The average molecular weight is 463 g/mol. The van der Waals surface area contributed by atoms with Crippen molar-refractivity contribution in [2.45, 2.75) is 64.8 Å². The second-order valence-electron chi connectivity index (χ2n) is 9.83. The summed E-state index contributed by atoms with van der Waals surface area (Å²) in [7, 11) is 0. The van der Waals surface area contributed by atoms with Crippen LogP contribution in [0.15, 0.2) is 42.5 Å². The highest BCUT2D eigenvalue weighted by Gasteiger charge is 2.31. The van der Waals surface area contributed by atoms with Crippen molar-refractivity contribution in [2.75, 3.05) is 24.5 Å². The van der Waals surface area contributed by atoms with E-state index in [2.05, 4.69) is 53.6 Å². The summed E-state index contributed by atoms with van der Waals surface area (Å²) >= 11 is 0. The van der Waals surface area contributed by atoms with Gasteiger partial charge in [0.2, 0.25) is 0 Å². The maximum atomic E-state index is 12.0. The normalized spacial score (nSPS) is 23.3. The number of hydrogen-bond donors (Lipinski definition) is 1. The van der Waals surface area contributed by atoms with Gasteiger partial charge in [-0.3, -0.25) is 9.80 Å². The molecule has 3 atom stereocenters. The molecule has 1 aromatic heterocycles. The predicted octanol–water partition coefficient (Wildman–Crippen LogP) is 4.56. The predicted molar refractivity (Wildman–Crippen MR) is 134 cm³/mol. The molecule has 1 amide bonds. The molecule has 1 saturated heterocycles. The molecular formula is C27H34N4O3. The molecule has 0 aliphatic carbocycles. The van der Waals surface area contributed by atoms with Gasteiger partial charge in [-0.1, -0.05) is 30.3 Å². The molecular weight excluding hydrogens is 428 g/mol. The van der Waals surface area contributed by atoms with Gasteiger partial charge in [0.05, 0.1) is 28.9 Å². The Bertz CT molecular complexity index is 1170. The number of aryl methyl sites for hydroxylation is 1. The van der Waals surface area contributed by atoms with Crippen LogP contribution in [0.4, 0.5) is 10.5 Å². The van der Waals surface area contributed by atoms with Crippen LogP contribution in [0.2, 0.25) is 0 Å². The van der Waals surface area contributed by atoms with E-state index in [1.165, 1.54) is 10.5 Å². The standard InChI is InChI=1S/C27H34N4O3/c1-18-9-10-22-23(31(18)27(32)33)11-12-24-26(22)28-25(15-21-7-5-4-6-8-21)30(24)14-13-29-16-19(2)34-20(3)17-29/h4-8,11-12,18-20H,9-10,13-17H2,1-3H3,(H,32,33)/t18-,19-,20-/m0/s1. The molecule has 7 nitrogen and oxygen atoms in total. The molecule has 2 aliphatic heterocycles. The summed E-state index contributed by atoms with van der Waals surface area (Å²) in [5.74, 6) is 1.03. The van der Waals surface area contributed by atoms with Gasteiger partial charge in [0.25, 0.3) is 0 Å². The molecule has 0 bridgehead atoms. The SMILES string of the molecule is C[C@H]1CN(CCn2c(Cc3ccccc3)nc3c4c(ccc32)N(C(=O)O)[C@@H](C)CC4)C[C@H](C)O1. The largest absolute Gasteiger partial charge is 0.465 e. The molecule has 34 heavy (non-hydrogen) atoms. The number of hydrogen-bond acceptors (Lipinski definition) is 4. The molecule has 5 rings (SSSR count). The van der Waals surface area contributed by atoms with Gasteiger partial charge >= 0.3 is 6.09 Å². The Kier molecular flexibility index (Phi) is 6.32. The monoisotopic (exact) mass is 462 g/mol. The number of rotatable bonds is 5. The van der Waals surface area contributed by atoms with Gasteiger partial charge in [0.15, 0.2) is 0 Å². The minimum absolute atomic E-state index is 0.0291. The van der Waals surface area contributed by atoms with Crippen LogP contribution in [0, 0.1) is 0 Å². The van der Waals surface area contributed by atoms with E-state index in [0.717, 1.165) is 73.6 Å². The van der Waals surface area contributed by atoms with E-state index < -0.39 is 6.09 Å². The summed E-state index contributed by atoms with van der Waals surface area (Å²) in [5, 5.41) is 9.84. The number of fused-ring (bicyclic) bond motifs is 3. The van der Waals surface area contributed by atoms with E-state index in [-0.39, 0.29) is 18.2 Å². The lowest BCUT2D eigenvalue weighted by Crippen LogP contribution is -2.46. The van der Waals surface area contributed by atoms with Crippen molar-refractivity contribution in [3.8, 4) is 0 Å². The molecule has 0 saturated carbocycles. The minimum atomic E-state index is -0.896. The molecule has 1 fully saturated rings. The Morgan fingerprint density at radius 3 is 2.50 bits per heavy atom. The first-order valence-corrected chi connectivity index (χ1v) is 12.4. The van der Waals surface area contributed by atoms with Crippen LogP contribution < -0.4 is 4.90 Å². The van der Waals surface area contributed by atoms with E-state index >= 15 is 0 Å². The zero-order chi connectivity index (χ0) is 23.8. The fraction of sp³-hybridized carbons (Fsp3) is 0.481. The van der Waals surface area contributed by atoms with Gasteiger partial charge in [-0.05, 0) is 51.3 Å². The van der Waals surface area contributed by atoms with Gasteiger partial charge < -0.3 is 14.4 Å². The third kappa shape index (κ3) is 4.42. The molecule has 1 N–H and O–H groups in total. The van der Waals surface area contributed by atoms with E-state index in [9.17, 15) is 9.90 Å². The van der Waals surface area contributed by atoms with Crippen molar-refractivity contribution in [3.05, 3.63) is 59.4 Å². The number of carbonyl (C=O) groups is 1.